The van der Waals surface area contributed by atoms with E-state index < -0.39 is 0 Å². The van der Waals surface area contributed by atoms with Gasteiger partial charge in [-0.25, -0.2) is 0 Å². The highest BCUT2D eigenvalue weighted by Gasteiger charge is 2.12. The molecule has 0 unspecified atom stereocenters. The zero-order valence-corrected chi connectivity index (χ0v) is 20.1. The molecule has 7 heteroatoms. The first-order valence-electron chi connectivity index (χ1n) is 10.3. The summed E-state index contributed by atoms with van der Waals surface area (Å²) >= 11 is 9.57. The number of anilines is 1. The van der Waals surface area contributed by atoms with Gasteiger partial charge < -0.3 is 19.1 Å². The Bertz CT molecular complexity index is 1070. The second-order valence-corrected chi connectivity index (χ2v) is 8.60. The molecule has 0 radical (unpaired) electrons. The molecule has 166 valence electrons. The maximum Gasteiger partial charge on any atom is 0.162 e. The second kappa shape index (κ2) is 10.9. The van der Waals surface area contributed by atoms with Crippen LogP contribution in [0.15, 0.2) is 70.1 Å². The van der Waals surface area contributed by atoms with Crippen molar-refractivity contribution in [2.24, 2.45) is 4.99 Å². The largest absolute Gasteiger partial charge is 0.493 e. The van der Waals surface area contributed by atoms with E-state index in [1.807, 2.05) is 54.7 Å². The number of hydrogen-bond acceptors (Lipinski definition) is 5. The molecular formula is C25H24BrClN2O3. The first-order valence-corrected chi connectivity index (χ1v) is 11.5. The Labute approximate surface area is 201 Å². The molecule has 1 aliphatic heterocycles. The fourth-order valence-electron chi connectivity index (χ4n) is 3.38. The molecule has 1 saturated heterocycles. The fraction of sp³-hybridized carbons (Fsp3) is 0.240. The minimum atomic E-state index is 0.420. The third-order valence-electron chi connectivity index (χ3n) is 5.17. The van der Waals surface area contributed by atoms with Crippen LogP contribution >= 0.6 is 27.5 Å². The predicted octanol–water partition coefficient (Wildman–Crippen LogP) is 6.28. The quantitative estimate of drug-likeness (QED) is 0.348. The third-order valence-corrected chi connectivity index (χ3v) is 6.11. The highest BCUT2D eigenvalue weighted by atomic mass is 79.9. The number of nitrogens with zero attached hydrogens (tertiary/aromatic N) is 2. The van der Waals surface area contributed by atoms with E-state index in [0.717, 1.165) is 47.6 Å². The van der Waals surface area contributed by atoms with Gasteiger partial charge in [-0.2, -0.15) is 0 Å². The molecular weight excluding hydrogens is 492 g/mol. The van der Waals surface area contributed by atoms with Gasteiger partial charge in [0, 0.05) is 40.1 Å². The number of benzene rings is 3. The minimum absolute atomic E-state index is 0.420. The van der Waals surface area contributed by atoms with Gasteiger partial charge in [-0.15, -0.1) is 0 Å². The van der Waals surface area contributed by atoms with Crippen LogP contribution in [0.5, 0.6) is 11.5 Å². The molecule has 0 bridgehead atoms. The number of halogens is 2. The lowest BCUT2D eigenvalue weighted by Gasteiger charge is -2.28. The van der Waals surface area contributed by atoms with Crippen molar-refractivity contribution in [3.05, 3.63) is 81.3 Å². The van der Waals surface area contributed by atoms with Gasteiger partial charge in [0.15, 0.2) is 11.5 Å². The standard InChI is InChI=1S/C25H24BrClN2O3/c1-30-24-14-19(23(26)15-25(24)32-17-18-2-4-20(27)5-3-18)16-28-21-6-8-22(9-7-21)29-10-12-31-13-11-29/h2-9,14-16H,10-13,17H2,1H3. The topological polar surface area (TPSA) is 43.3 Å². The van der Waals surface area contributed by atoms with Gasteiger partial charge in [-0.3, -0.25) is 4.99 Å². The number of morpholine rings is 1. The fourth-order valence-corrected chi connectivity index (χ4v) is 3.93. The van der Waals surface area contributed by atoms with Gasteiger partial charge in [0.05, 0.1) is 26.0 Å². The molecule has 3 aromatic carbocycles. The monoisotopic (exact) mass is 514 g/mol. The first-order chi connectivity index (χ1) is 15.6. The molecule has 0 aromatic heterocycles. The predicted molar refractivity (Wildman–Crippen MR) is 133 cm³/mol. The molecule has 0 N–H and O–H groups in total. The van der Waals surface area contributed by atoms with Crippen molar-refractivity contribution >= 4 is 45.1 Å². The zero-order valence-electron chi connectivity index (χ0n) is 17.8. The average molecular weight is 516 g/mol. The summed E-state index contributed by atoms with van der Waals surface area (Å²) in [6, 6.07) is 19.6. The molecule has 0 amide bonds. The highest BCUT2D eigenvalue weighted by Crippen LogP contribution is 2.34. The summed E-state index contributed by atoms with van der Waals surface area (Å²) < 4.78 is 17.8. The van der Waals surface area contributed by atoms with E-state index >= 15 is 0 Å². The maximum absolute atomic E-state index is 5.97. The summed E-state index contributed by atoms with van der Waals surface area (Å²) in [5, 5.41) is 0.702. The van der Waals surface area contributed by atoms with Crippen LogP contribution in [0, 0.1) is 0 Å². The van der Waals surface area contributed by atoms with Crippen LogP contribution in [0.1, 0.15) is 11.1 Å². The molecule has 1 aliphatic rings. The molecule has 0 atom stereocenters. The average Bonchev–Trinajstić information content (AvgIpc) is 2.84. The van der Waals surface area contributed by atoms with E-state index in [9.17, 15) is 0 Å². The number of methoxy groups -OCH3 is 1. The molecule has 1 heterocycles. The summed E-state index contributed by atoms with van der Waals surface area (Å²) in [6.45, 7) is 3.80. The van der Waals surface area contributed by atoms with Gasteiger partial charge >= 0.3 is 0 Å². The summed E-state index contributed by atoms with van der Waals surface area (Å²) in [5.74, 6) is 1.30. The molecule has 0 spiro atoms. The van der Waals surface area contributed by atoms with Gasteiger partial charge in [0.25, 0.3) is 0 Å². The summed E-state index contributed by atoms with van der Waals surface area (Å²) in [6.07, 6.45) is 1.82. The van der Waals surface area contributed by atoms with Crippen molar-refractivity contribution in [2.45, 2.75) is 6.61 Å². The maximum atomic E-state index is 5.97. The Kier molecular flexibility index (Phi) is 7.68. The highest BCUT2D eigenvalue weighted by molar-refractivity contribution is 9.10. The smallest absolute Gasteiger partial charge is 0.162 e. The van der Waals surface area contributed by atoms with Gasteiger partial charge in [0.2, 0.25) is 0 Å². The number of aliphatic imine (C=N–C) groups is 1. The molecule has 3 aromatic rings. The molecule has 0 aliphatic carbocycles. The Morgan fingerprint density at radius 3 is 2.44 bits per heavy atom. The van der Waals surface area contributed by atoms with Crippen LogP contribution < -0.4 is 14.4 Å². The molecule has 1 fully saturated rings. The number of hydrogen-bond donors (Lipinski definition) is 0. The number of ether oxygens (including phenoxy) is 3. The molecule has 32 heavy (non-hydrogen) atoms. The third kappa shape index (κ3) is 5.82. The molecule has 4 rings (SSSR count). The van der Waals surface area contributed by atoms with E-state index in [2.05, 4.69) is 38.0 Å². The summed E-state index contributed by atoms with van der Waals surface area (Å²) in [4.78, 5) is 6.94. The Hall–Kier alpha value is -2.54. The summed E-state index contributed by atoms with van der Waals surface area (Å²) in [7, 11) is 1.63. The van der Waals surface area contributed by atoms with Crippen LogP contribution in [0.3, 0.4) is 0 Å². The van der Waals surface area contributed by atoms with E-state index in [1.165, 1.54) is 5.69 Å². The van der Waals surface area contributed by atoms with Gasteiger partial charge in [0.1, 0.15) is 6.61 Å². The lowest BCUT2D eigenvalue weighted by molar-refractivity contribution is 0.122. The van der Waals surface area contributed by atoms with Crippen LogP contribution in [0.25, 0.3) is 0 Å². The van der Waals surface area contributed by atoms with E-state index in [0.29, 0.717) is 23.1 Å². The zero-order chi connectivity index (χ0) is 22.3. The summed E-state index contributed by atoms with van der Waals surface area (Å²) in [5.41, 5.74) is 4.00. The van der Waals surface area contributed by atoms with Gasteiger partial charge in [-0.1, -0.05) is 23.7 Å². The van der Waals surface area contributed by atoms with Gasteiger partial charge in [-0.05, 0) is 70.0 Å². The van der Waals surface area contributed by atoms with E-state index in [1.54, 1.807) is 7.11 Å². The van der Waals surface area contributed by atoms with Crippen molar-refractivity contribution in [1.82, 2.24) is 0 Å². The van der Waals surface area contributed by atoms with Crippen LogP contribution in [-0.2, 0) is 11.3 Å². The van der Waals surface area contributed by atoms with Crippen LogP contribution in [-0.4, -0.2) is 39.6 Å². The second-order valence-electron chi connectivity index (χ2n) is 7.31. The Morgan fingerprint density at radius 1 is 1.03 bits per heavy atom. The number of rotatable bonds is 7. The lowest BCUT2D eigenvalue weighted by Crippen LogP contribution is -2.36. The van der Waals surface area contributed by atoms with E-state index in [4.69, 9.17) is 25.8 Å². The molecule has 0 saturated carbocycles. The lowest BCUT2D eigenvalue weighted by atomic mass is 10.2. The van der Waals surface area contributed by atoms with Crippen molar-refractivity contribution in [3.8, 4) is 11.5 Å². The van der Waals surface area contributed by atoms with Crippen molar-refractivity contribution in [1.29, 1.82) is 0 Å². The Balaban J connectivity index is 1.45. The minimum Gasteiger partial charge on any atom is -0.493 e. The van der Waals surface area contributed by atoms with Crippen LogP contribution in [0.4, 0.5) is 11.4 Å². The molecule has 5 nitrogen and oxygen atoms in total. The van der Waals surface area contributed by atoms with E-state index in [-0.39, 0.29) is 0 Å². The first kappa shape index (κ1) is 22.6. The van der Waals surface area contributed by atoms with Crippen molar-refractivity contribution in [3.63, 3.8) is 0 Å². The van der Waals surface area contributed by atoms with Crippen LogP contribution in [0.2, 0.25) is 5.02 Å². The Morgan fingerprint density at radius 2 is 1.75 bits per heavy atom. The van der Waals surface area contributed by atoms with Crippen molar-refractivity contribution in [2.75, 3.05) is 38.3 Å². The van der Waals surface area contributed by atoms with Crippen molar-refractivity contribution < 1.29 is 14.2 Å². The SMILES string of the molecule is COc1cc(C=Nc2ccc(N3CCOCC3)cc2)c(Br)cc1OCc1ccc(Cl)cc1. The normalized spacial score (nSPS) is 14.0.